The molecule has 3 heterocycles. The van der Waals surface area contributed by atoms with Crippen molar-refractivity contribution >= 4 is 27.5 Å². The summed E-state index contributed by atoms with van der Waals surface area (Å²) in [6, 6.07) is 11.6. The molecule has 0 aliphatic carbocycles. The number of hydrogen-bond donors (Lipinski definition) is 0. The monoisotopic (exact) mass is 516 g/mol. The summed E-state index contributed by atoms with van der Waals surface area (Å²) in [5, 5.41) is 0.0410. The van der Waals surface area contributed by atoms with Gasteiger partial charge in [-0.2, -0.15) is 4.98 Å². The molecular weight excluding hydrogens is 498 g/mol. The predicted octanol–water partition coefficient (Wildman–Crippen LogP) is 5.30. The molecule has 1 aliphatic heterocycles. The second kappa shape index (κ2) is 9.35. The number of oxazole rings is 1. The Balaban J connectivity index is 1.56. The summed E-state index contributed by atoms with van der Waals surface area (Å²) in [7, 11) is -4.29. The van der Waals surface area contributed by atoms with Gasteiger partial charge in [0, 0.05) is 24.8 Å². The first kappa shape index (κ1) is 23.4. The van der Waals surface area contributed by atoms with E-state index in [1.807, 2.05) is 4.90 Å². The van der Waals surface area contributed by atoms with Gasteiger partial charge < -0.3 is 9.32 Å². The number of nitrogens with zero attached hydrogens (tertiary/aromatic N) is 4. The van der Waals surface area contributed by atoms with Crippen molar-refractivity contribution in [1.82, 2.24) is 15.0 Å². The summed E-state index contributed by atoms with van der Waals surface area (Å²) in [5.74, 6) is -2.49. The van der Waals surface area contributed by atoms with Crippen LogP contribution < -0.4 is 4.90 Å². The molecule has 0 bridgehead atoms. The molecule has 0 amide bonds. The number of anilines is 1. The fraction of sp³-hybridized carbons (Fsp3) is 0.208. The molecule has 35 heavy (non-hydrogen) atoms. The van der Waals surface area contributed by atoms with Crippen LogP contribution in [0.25, 0.3) is 22.7 Å². The normalized spacial score (nSPS) is 14.0. The molecule has 0 saturated carbocycles. The van der Waals surface area contributed by atoms with Gasteiger partial charge in [0.1, 0.15) is 27.9 Å². The van der Waals surface area contributed by atoms with Gasteiger partial charge in [-0.15, -0.1) is 0 Å². The predicted molar refractivity (Wildman–Crippen MR) is 127 cm³/mol. The zero-order valence-corrected chi connectivity index (χ0v) is 19.9. The molecule has 0 atom stereocenters. The van der Waals surface area contributed by atoms with Gasteiger partial charge in [0.15, 0.2) is 15.6 Å². The lowest BCUT2D eigenvalue weighted by Crippen LogP contribution is -2.17. The number of sulfone groups is 1. The third kappa shape index (κ3) is 4.76. The van der Waals surface area contributed by atoms with E-state index in [0.29, 0.717) is 34.3 Å². The van der Waals surface area contributed by atoms with Gasteiger partial charge in [-0.25, -0.2) is 27.2 Å². The van der Waals surface area contributed by atoms with Crippen LogP contribution in [0.15, 0.2) is 64.0 Å². The fourth-order valence-electron chi connectivity index (χ4n) is 4.06. The summed E-state index contributed by atoms with van der Waals surface area (Å²) in [6.45, 7) is 1.60. The molecule has 180 valence electrons. The molecular formula is C24H19ClF2N4O3S. The zero-order chi connectivity index (χ0) is 24.6. The number of halogens is 3. The van der Waals surface area contributed by atoms with Crippen LogP contribution in [0.5, 0.6) is 0 Å². The molecule has 4 aromatic rings. The van der Waals surface area contributed by atoms with Gasteiger partial charge in [-0.3, -0.25) is 0 Å². The first-order valence-corrected chi connectivity index (χ1v) is 12.9. The van der Waals surface area contributed by atoms with Crippen molar-refractivity contribution in [3.05, 3.63) is 77.2 Å². The maximum absolute atomic E-state index is 14.1. The minimum atomic E-state index is -4.29. The molecule has 0 radical (unpaired) electrons. The Morgan fingerprint density at radius 3 is 2.43 bits per heavy atom. The third-order valence-electron chi connectivity index (χ3n) is 5.64. The third-order valence-corrected chi connectivity index (χ3v) is 7.55. The topological polar surface area (TPSA) is 89.2 Å². The van der Waals surface area contributed by atoms with E-state index >= 15 is 0 Å². The Labute approximate surface area is 205 Å². The number of aromatic nitrogens is 3. The molecule has 2 aromatic carbocycles. The summed E-state index contributed by atoms with van der Waals surface area (Å²) < 4.78 is 60.1. The van der Waals surface area contributed by atoms with Crippen molar-refractivity contribution in [2.75, 3.05) is 18.0 Å². The lowest BCUT2D eigenvalue weighted by molar-refractivity contribution is 0.519. The van der Waals surface area contributed by atoms with E-state index in [1.54, 1.807) is 30.3 Å². The molecule has 1 saturated heterocycles. The lowest BCUT2D eigenvalue weighted by atomic mass is 10.1. The molecule has 1 fully saturated rings. The summed E-state index contributed by atoms with van der Waals surface area (Å²) in [6.07, 6.45) is 3.54. The highest BCUT2D eigenvalue weighted by Gasteiger charge is 2.26. The molecule has 1 aliphatic rings. The van der Waals surface area contributed by atoms with Crippen LogP contribution >= 0.6 is 11.6 Å². The maximum atomic E-state index is 14.1. The molecule has 2 aromatic heterocycles. The van der Waals surface area contributed by atoms with Crippen LogP contribution in [-0.2, 0) is 15.6 Å². The van der Waals surface area contributed by atoms with Crippen LogP contribution in [0.1, 0.15) is 18.4 Å². The zero-order valence-electron chi connectivity index (χ0n) is 18.3. The second-order valence-electron chi connectivity index (χ2n) is 8.09. The van der Waals surface area contributed by atoms with Gasteiger partial charge >= 0.3 is 0 Å². The largest absolute Gasteiger partial charge is 0.421 e. The Kier molecular flexibility index (Phi) is 6.24. The maximum Gasteiger partial charge on any atom is 0.298 e. The summed E-state index contributed by atoms with van der Waals surface area (Å²) in [4.78, 5) is 13.9. The van der Waals surface area contributed by atoms with Crippen LogP contribution in [0.3, 0.4) is 0 Å². The Bertz CT molecular complexity index is 1480. The average Bonchev–Trinajstić information content (AvgIpc) is 3.49. The SMILES string of the molecule is O=S(=O)(Cc1cccc(-c2nc(N3CCCC3)oc2-c2ccnc(Cl)n2)c1)c1c(F)cccc1F. The van der Waals surface area contributed by atoms with Crippen molar-refractivity contribution in [2.45, 2.75) is 23.5 Å². The second-order valence-corrected chi connectivity index (χ2v) is 10.4. The highest BCUT2D eigenvalue weighted by molar-refractivity contribution is 7.90. The standard InChI is InChI=1S/C24H19ClF2N4O3S/c25-23-28-10-9-19(29-23)21-20(30-24(34-21)31-11-1-2-12-31)16-6-3-5-15(13-16)14-35(32,33)22-17(26)7-4-8-18(22)27/h3-10,13H,1-2,11-12,14H2. The smallest absolute Gasteiger partial charge is 0.298 e. The molecule has 7 nitrogen and oxygen atoms in total. The molecule has 0 N–H and O–H groups in total. The van der Waals surface area contributed by atoms with Crippen molar-refractivity contribution in [3.8, 4) is 22.7 Å². The Hall–Kier alpha value is -3.37. The van der Waals surface area contributed by atoms with Crippen LogP contribution in [0.4, 0.5) is 14.8 Å². The molecule has 11 heteroatoms. The highest BCUT2D eigenvalue weighted by atomic mass is 35.5. The van der Waals surface area contributed by atoms with Gasteiger partial charge in [-0.1, -0.05) is 24.3 Å². The van der Waals surface area contributed by atoms with Gasteiger partial charge in [0.05, 0.1) is 5.75 Å². The van der Waals surface area contributed by atoms with Crippen molar-refractivity contribution in [3.63, 3.8) is 0 Å². The van der Waals surface area contributed by atoms with Gasteiger partial charge in [0.2, 0.25) is 5.28 Å². The van der Waals surface area contributed by atoms with Crippen LogP contribution in [-0.4, -0.2) is 36.5 Å². The van der Waals surface area contributed by atoms with Gasteiger partial charge in [0.25, 0.3) is 6.01 Å². The summed E-state index contributed by atoms with van der Waals surface area (Å²) in [5.41, 5.74) is 1.76. The van der Waals surface area contributed by atoms with Crippen LogP contribution in [0, 0.1) is 11.6 Å². The van der Waals surface area contributed by atoms with E-state index in [-0.39, 0.29) is 5.28 Å². The van der Waals surface area contributed by atoms with E-state index in [2.05, 4.69) is 15.0 Å². The average molecular weight is 517 g/mol. The van der Waals surface area contributed by atoms with E-state index in [1.165, 1.54) is 6.20 Å². The van der Waals surface area contributed by atoms with Crippen molar-refractivity contribution < 1.29 is 21.6 Å². The molecule has 0 spiro atoms. The Morgan fingerprint density at radius 2 is 1.71 bits per heavy atom. The molecule has 5 rings (SSSR count). The first-order valence-electron chi connectivity index (χ1n) is 10.8. The van der Waals surface area contributed by atoms with Crippen molar-refractivity contribution in [1.29, 1.82) is 0 Å². The molecule has 0 unspecified atom stereocenters. The van der Waals surface area contributed by atoms with E-state index < -0.39 is 32.1 Å². The minimum Gasteiger partial charge on any atom is -0.421 e. The van der Waals surface area contributed by atoms with Gasteiger partial charge in [-0.05, 0) is 54.3 Å². The summed E-state index contributed by atoms with van der Waals surface area (Å²) >= 11 is 5.99. The first-order chi connectivity index (χ1) is 16.8. The Morgan fingerprint density at radius 1 is 1.00 bits per heavy atom. The van der Waals surface area contributed by atoms with E-state index in [9.17, 15) is 17.2 Å². The minimum absolute atomic E-state index is 0.0410. The quantitative estimate of drug-likeness (QED) is 0.321. The fourth-order valence-corrected chi connectivity index (χ4v) is 5.70. The number of benzene rings is 2. The van der Waals surface area contributed by atoms with E-state index in [0.717, 1.165) is 44.1 Å². The number of rotatable bonds is 6. The number of hydrogen-bond acceptors (Lipinski definition) is 7. The van der Waals surface area contributed by atoms with E-state index in [4.69, 9.17) is 16.0 Å². The van der Waals surface area contributed by atoms with Crippen LogP contribution in [0.2, 0.25) is 5.28 Å². The highest BCUT2D eigenvalue weighted by Crippen LogP contribution is 2.36. The lowest BCUT2D eigenvalue weighted by Gasteiger charge is -2.10. The van der Waals surface area contributed by atoms with Crippen molar-refractivity contribution in [2.24, 2.45) is 0 Å².